The van der Waals surface area contributed by atoms with Crippen LogP contribution in [0.25, 0.3) is 12.2 Å². The molecule has 0 aromatic heterocycles. The number of ether oxygens (including phenoxy) is 3. The zero-order valence-corrected chi connectivity index (χ0v) is 23.7. The molecule has 0 amide bonds. The highest BCUT2D eigenvalue weighted by Crippen LogP contribution is 2.54. The Kier molecular flexibility index (Phi) is 8.28. The number of hydrogen-bond acceptors (Lipinski definition) is 11. The van der Waals surface area contributed by atoms with Crippen molar-refractivity contribution in [2.24, 2.45) is 0 Å². The number of aliphatic hydroxyl groups excluding tert-OH is 4. The van der Waals surface area contributed by atoms with Gasteiger partial charge in [-0.1, -0.05) is 42.5 Å². The van der Waals surface area contributed by atoms with Gasteiger partial charge in [-0.2, -0.15) is 0 Å². The van der Waals surface area contributed by atoms with Crippen LogP contribution in [-0.2, 0) is 4.74 Å². The van der Waals surface area contributed by atoms with E-state index in [2.05, 4.69) is 0 Å². The second-order valence-electron chi connectivity index (χ2n) is 11.0. The van der Waals surface area contributed by atoms with Gasteiger partial charge >= 0.3 is 0 Å². The molecular formula is C34H32O11. The van der Waals surface area contributed by atoms with Gasteiger partial charge in [0.1, 0.15) is 53.5 Å². The molecule has 0 saturated carbocycles. The van der Waals surface area contributed by atoms with E-state index in [1.807, 2.05) is 0 Å². The van der Waals surface area contributed by atoms with Crippen molar-refractivity contribution in [3.63, 3.8) is 0 Å². The smallest absolute Gasteiger partial charge is 0.229 e. The van der Waals surface area contributed by atoms with Crippen molar-refractivity contribution in [2.75, 3.05) is 6.61 Å². The third kappa shape index (κ3) is 5.87. The summed E-state index contributed by atoms with van der Waals surface area (Å²) < 4.78 is 17.6. The SMILES string of the molecule is OC[C@H]1O[C@@H](Oc2cc([C@H]3c4c(ccc(/C=C/c5ccc(O)cc5)c4O)O[C@@H]3c3ccc(O)cc3)ccc2O)[C@H](O)[C@@H](O)[C@@H]1O. The number of phenolic OH excluding ortho intramolecular Hbond substituents is 4. The molecule has 1 saturated heterocycles. The van der Waals surface area contributed by atoms with E-state index in [1.54, 1.807) is 66.7 Å². The molecule has 1 fully saturated rings. The maximum absolute atomic E-state index is 11.6. The zero-order chi connectivity index (χ0) is 31.8. The summed E-state index contributed by atoms with van der Waals surface area (Å²) in [5, 5.41) is 82.1. The van der Waals surface area contributed by atoms with E-state index in [0.29, 0.717) is 28.0 Å². The van der Waals surface area contributed by atoms with Gasteiger partial charge < -0.3 is 55.1 Å². The van der Waals surface area contributed by atoms with Gasteiger partial charge in [0.2, 0.25) is 6.29 Å². The largest absolute Gasteiger partial charge is 0.508 e. The van der Waals surface area contributed by atoms with E-state index in [0.717, 1.165) is 5.56 Å². The minimum absolute atomic E-state index is 0.0433. The quantitative estimate of drug-likeness (QED) is 0.142. The summed E-state index contributed by atoms with van der Waals surface area (Å²) in [6.45, 7) is -0.649. The number of rotatable bonds is 7. The van der Waals surface area contributed by atoms with Gasteiger partial charge in [-0.25, -0.2) is 0 Å². The standard InChI is InChI=1S/C34H32O11/c35-16-26-30(40)31(41)32(42)34(45-26)44-25-15-20(7-13-23(25)38)27-28-24(43-33(27)19-5-11-22(37)12-6-19)14-8-18(29(28)39)4-1-17-2-9-21(36)10-3-17/h1-15,26-27,30-42H,16H2/b4-1+/t26-,27+,30-,31+,32-,33-,34-/m1/s1. The third-order valence-electron chi connectivity index (χ3n) is 8.08. The van der Waals surface area contributed by atoms with Gasteiger partial charge in [0, 0.05) is 11.1 Å². The van der Waals surface area contributed by atoms with Crippen LogP contribution in [0.2, 0.25) is 0 Å². The summed E-state index contributed by atoms with van der Waals surface area (Å²) in [5.41, 5.74) is 3.00. The molecule has 11 nitrogen and oxygen atoms in total. The molecule has 8 N–H and O–H groups in total. The topological polar surface area (TPSA) is 190 Å². The molecule has 234 valence electrons. The predicted molar refractivity (Wildman–Crippen MR) is 161 cm³/mol. The molecule has 7 atom stereocenters. The minimum Gasteiger partial charge on any atom is -0.508 e. The molecule has 0 bridgehead atoms. The minimum atomic E-state index is -1.70. The lowest BCUT2D eigenvalue weighted by molar-refractivity contribution is -0.277. The Morgan fingerprint density at radius 1 is 0.711 bits per heavy atom. The van der Waals surface area contributed by atoms with Crippen LogP contribution in [-0.4, -0.2) is 78.2 Å². The number of hydrogen-bond donors (Lipinski definition) is 8. The van der Waals surface area contributed by atoms with Gasteiger partial charge in [0.15, 0.2) is 11.5 Å². The average molecular weight is 617 g/mol. The van der Waals surface area contributed by atoms with Gasteiger partial charge in [-0.3, -0.25) is 0 Å². The van der Waals surface area contributed by atoms with Crippen molar-refractivity contribution in [2.45, 2.75) is 42.7 Å². The lowest BCUT2D eigenvalue weighted by Crippen LogP contribution is -2.60. The average Bonchev–Trinajstić information content (AvgIpc) is 3.43. The predicted octanol–water partition coefficient (Wildman–Crippen LogP) is 3.12. The Bertz CT molecular complexity index is 1680. The van der Waals surface area contributed by atoms with E-state index < -0.39 is 49.3 Å². The fraction of sp³-hybridized carbons (Fsp3) is 0.235. The maximum atomic E-state index is 11.6. The van der Waals surface area contributed by atoms with Crippen molar-refractivity contribution in [1.82, 2.24) is 0 Å². The van der Waals surface area contributed by atoms with Crippen LogP contribution in [0.15, 0.2) is 78.9 Å². The first kappa shape index (κ1) is 30.3. The number of fused-ring (bicyclic) bond motifs is 1. The highest BCUT2D eigenvalue weighted by molar-refractivity contribution is 5.75. The van der Waals surface area contributed by atoms with E-state index in [-0.39, 0.29) is 28.7 Å². The Balaban J connectivity index is 1.39. The van der Waals surface area contributed by atoms with Gasteiger partial charge in [-0.15, -0.1) is 0 Å². The summed E-state index contributed by atoms with van der Waals surface area (Å²) in [4.78, 5) is 0. The Hall–Kier alpha value is -4.78. The number of phenols is 4. The van der Waals surface area contributed by atoms with E-state index >= 15 is 0 Å². The third-order valence-corrected chi connectivity index (χ3v) is 8.08. The maximum Gasteiger partial charge on any atom is 0.229 e. The monoisotopic (exact) mass is 616 g/mol. The van der Waals surface area contributed by atoms with Crippen LogP contribution >= 0.6 is 0 Å². The van der Waals surface area contributed by atoms with Crippen molar-refractivity contribution in [3.8, 4) is 34.5 Å². The Labute approximate surface area is 257 Å². The molecule has 6 rings (SSSR count). The fourth-order valence-electron chi connectivity index (χ4n) is 5.65. The first-order chi connectivity index (χ1) is 21.6. The van der Waals surface area contributed by atoms with E-state index in [1.165, 1.54) is 24.3 Å². The second-order valence-corrected chi connectivity index (χ2v) is 11.0. The van der Waals surface area contributed by atoms with Crippen molar-refractivity contribution >= 4 is 12.2 Å². The molecular weight excluding hydrogens is 584 g/mol. The first-order valence-corrected chi connectivity index (χ1v) is 14.2. The molecule has 2 aliphatic heterocycles. The summed E-state index contributed by atoms with van der Waals surface area (Å²) in [6, 6.07) is 21.0. The summed E-state index contributed by atoms with van der Waals surface area (Å²) >= 11 is 0. The highest BCUT2D eigenvalue weighted by Gasteiger charge is 2.45. The summed E-state index contributed by atoms with van der Waals surface area (Å²) in [7, 11) is 0. The Morgan fingerprint density at radius 3 is 2.07 bits per heavy atom. The van der Waals surface area contributed by atoms with Crippen molar-refractivity contribution < 1.29 is 55.1 Å². The number of aliphatic hydroxyl groups is 4. The number of benzene rings is 4. The van der Waals surface area contributed by atoms with Crippen LogP contribution in [0.4, 0.5) is 0 Å². The number of aromatic hydroxyl groups is 4. The van der Waals surface area contributed by atoms with Gasteiger partial charge in [-0.05, 0) is 65.2 Å². The van der Waals surface area contributed by atoms with Crippen molar-refractivity contribution in [3.05, 3.63) is 107 Å². The lowest BCUT2D eigenvalue weighted by atomic mass is 9.83. The van der Waals surface area contributed by atoms with E-state index in [9.17, 15) is 40.9 Å². The molecule has 2 aliphatic rings. The van der Waals surface area contributed by atoms with Crippen LogP contribution in [0.5, 0.6) is 34.5 Å². The van der Waals surface area contributed by atoms with Crippen LogP contribution in [0.1, 0.15) is 39.8 Å². The second kappa shape index (κ2) is 12.3. The lowest BCUT2D eigenvalue weighted by Gasteiger charge is -2.39. The molecule has 4 aromatic carbocycles. The van der Waals surface area contributed by atoms with Crippen LogP contribution < -0.4 is 9.47 Å². The molecule has 11 heteroatoms. The van der Waals surface area contributed by atoms with Crippen LogP contribution in [0, 0.1) is 0 Å². The summed E-state index contributed by atoms with van der Waals surface area (Å²) in [6.07, 6.45) is -4.85. The molecule has 0 aliphatic carbocycles. The molecule has 4 aromatic rings. The molecule has 2 heterocycles. The molecule has 0 unspecified atom stereocenters. The normalized spacial score (nSPS) is 26.0. The first-order valence-electron chi connectivity index (χ1n) is 14.2. The molecule has 0 spiro atoms. The fourth-order valence-corrected chi connectivity index (χ4v) is 5.65. The Morgan fingerprint density at radius 2 is 1.38 bits per heavy atom. The highest BCUT2D eigenvalue weighted by atomic mass is 16.7. The van der Waals surface area contributed by atoms with Crippen molar-refractivity contribution in [1.29, 1.82) is 0 Å². The molecule has 0 radical (unpaired) electrons. The van der Waals surface area contributed by atoms with Gasteiger partial charge in [0.25, 0.3) is 0 Å². The van der Waals surface area contributed by atoms with Crippen LogP contribution in [0.3, 0.4) is 0 Å². The summed E-state index contributed by atoms with van der Waals surface area (Å²) in [5.74, 6) is -0.514. The zero-order valence-electron chi connectivity index (χ0n) is 23.7. The van der Waals surface area contributed by atoms with E-state index in [4.69, 9.17) is 14.2 Å². The van der Waals surface area contributed by atoms with Gasteiger partial charge in [0.05, 0.1) is 12.5 Å². The molecule has 45 heavy (non-hydrogen) atoms.